The molecule has 2 aromatic carbocycles. The summed E-state index contributed by atoms with van der Waals surface area (Å²) in [5.74, 6) is -0.684. The Balaban J connectivity index is 1.73. The van der Waals surface area contributed by atoms with Gasteiger partial charge in [0.2, 0.25) is 0 Å². The Hall–Kier alpha value is -2.82. The standard InChI is InChI=1S/C22H25NO4/c1-15(2)13-23(12-11-21(24)25)22(26)27-14-20-18-9-5-3-7-16(18)17-8-4-6-10-19(17)20/h3-10,15,20H,11-14H2,1-2H3,(H,24,25). The molecule has 1 amide bonds. The number of hydrogen-bond acceptors (Lipinski definition) is 3. The molecular weight excluding hydrogens is 342 g/mol. The number of carbonyl (C=O) groups is 2. The summed E-state index contributed by atoms with van der Waals surface area (Å²) in [5.41, 5.74) is 4.68. The molecule has 0 fully saturated rings. The number of fused-ring (bicyclic) bond motifs is 3. The van der Waals surface area contributed by atoms with Crippen LogP contribution in [0.3, 0.4) is 0 Å². The predicted molar refractivity (Wildman–Crippen MR) is 104 cm³/mol. The maximum atomic E-state index is 12.6. The first kappa shape index (κ1) is 19.0. The third kappa shape index (κ3) is 4.30. The van der Waals surface area contributed by atoms with Gasteiger partial charge in [-0.3, -0.25) is 4.79 Å². The number of carboxylic acids is 1. The highest BCUT2D eigenvalue weighted by atomic mass is 16.6. The van der Waals surface area contributed by atoms with E-state index in [0.717, 1.165) is 11.1 Å². The quantitative estimate of drug-likeness (QED) is 0.789. The van der Waals surface area contributed by atoms with Crippen molar-refractivity contribution >= 4 is 12.1 Å². The van der Waals surface area contributed by atoms with E-state index in [2.05, 4.69) is 24.3 Å². The number of benzene rings is 2. The molecule has 27 heavy (non-hydrogen) atoms. The summed E-state index contributed by atoms with van der Waals surface area (Å²) in [6.07, 6.45) is -0.538. The highest BCUT2D eigenvalue weighted by Gasteiger charge is 2.29. The van der Waals surface area contributed by atoms with Gasteiger partial charge in [0, 0.05) is 19.0 Å². The summed E-state index contributed by atoms with van der Waals surface area (Å²) >= 11 is 0. The zero-order chi connectivity index (χ0) is 19.4. The number of carbonyl (C=O) groups excluding carboxylic acids is 1. The van der Waals surface area contributed by atoms with Gasteiger partial charge in [-0.1, -0.05) is 62.4 Å². The molecule has 0 atom stereocenters. The second kappa shape index (κ2) is 8.25. The third-order valence-corrected chi connectivity index (χ3v) is 4.78. The predicted octanol–water partition coefficient (Wildman–Crippen LogP) is 4.37. The maximum absolute atomic E-state index is 12.6. The first-order valence-electron chi connectivity index (χ1n) is 9.29. The molecule has 0 saturated carbocycles. The van der Waals surface area contributed by atoms with Crippen LogP contribution in [0.5, 0.6) is 0 Å². The van der Waals surface area contributed by atoms with Gasteiger partial charge in [0.1, 0.15) is 6.61 Å². The molecule has 0 unspecified atom stereocenters. The molecule has 0 saturated heterocycles. The molecule has 0 spiro atoms. The van der Waals surface area contributed by atoms with Crippen molar-refractivity contribution < 1.29 is 19.4 Å². The number of amides is 1. The largest absolute Gasteiger partial charge is 0.481 e. The van der Waals surface area contributed by atoms with E-state index in [1.54, 1.807) is 0 Å². The van der Waals surface area contributed by atoms with E-state index in [1.165, 1.54) is 16.0 Å². The molecule has 0 aliphatic heterocycles. The molecule has 0 heterocycles. The topological polar surface area (TPSA) is 66.8 Å². The number of rotatable bonds is 7. The number of carboxylic acid groups (broad SMARTS) is 1. The zero-order valence-electron chi connectivity index (χ0n) is 15.7. The molecular formula is C22H25NO4. The third-order valence-electron chi connectivity index (χ3n) is 4.78. The van der Waals surface area contributed by atoms with Crippen LogP contribution in [-0.4, -0.2) is 41.8 Å². The molecule has 3 rings (SSSR count). The normalized spacial score (nSPS) is 12.6. The van der Waals surface area contributed by atoms with Crippen molar-refractivity contribution in [2.24, 2.45) is 5.92 Å². The van der Waals surface area contributed by atoms with Crippen LogP contribution in [0.4, 0.5) is 4.79 Å². The van der Waals surface area contributed by atoms with Gasteiger partial charge in [-0.15, -0.1) is 0 Å². The summed E-state index contributed by atoms with van der Waals surface area (Å²) < 4.78 is 5.63. The Kier molecular flexibility index (Phi) is 5.79. The molecule has 5 nitrogen and oxygen atoms in total. The highest BCUT2D eigenvalue weighted by Crippen LogP contribution is 2.44. The second-order valence-corrected chi connectivity index (χ2v) is 7.29. The van der Waals surface area contributed by atoms with Gasteiger partial charge in [-0.05, 0) is 28.2 Å². The van der Waals surface area contributed by atoms with Crippen molar-refractivity contribution in [1.29, 1.82) is 0 Å². The van der Waals surface area contributed by atoms with Crippen molar-refractivity contribution in [2.45, 2.75) is 26.2 Å². The molecule has 1 aliphatic rings. The van der Waals surface area contributed by atoms with Crippen LogP contribution < -0.4 is 0 Å². The van der Waals surface area contributed by atoms with Gasteiger partial charge in [0.25, 0.3) is 0 Å². The average Bonchev–Trinajstić information content (AvgIpc) is 2.97. The molecule has 142 valence electrons. The van der Waals surface area contributed by atoms with Crippen LogP contribution in [0.1, 0.15) is 37.3 Å². The van der Waals surface area contributed by atoms with Gasteiger partial charge >= 0.3 is 12.1 Å². The average molecular weight is 367 g/mol. The summed E-state index contributed by atoms with van der Waals surface area (Å²) in [5, 5.41) is 8.92. The molecule has 0 radical (unpaired) electrons. The van der Waals surface area contributed by atoms with E-state index >= 15 is 0 Å². The minimum absolute atomic E-state index is 0.00160. The van der Waals surface area contributed by atoms with Gasteiger partial charge in [-0.2, -0.15) is 0 Å². The van der Waals surface area contributed by atoms with E-state index in [4.69, 9.17) is 9.84 Å². The van der Waals surface area contributed by atoms with Gasteiger partial charge in [0.15, 0.2) is 0 Å². The highest BCUT2D eigenvalue weighted by molar-refractivity contribution is 5.79. The lowest BCUT2D eigenvalue weighted by molar-refractivity contribution is -0.137. The number of hydrogen-bond donors (Lipinski definition) is 1. The minimum Gasteiger partial charge on any atom is -0.481 e. The Morgan fingerprint density at radius 1 is 1.04 bits per heavy atom. The molecule has 0 aromatic heterocycles. The van der Waals surface area contributed by atoms with Gasteiger partial charge in [-0.25, -0.2) is 4.79 Å². The number of ether oxygens (including phenoxy) is 1. The van der Waals surface area contributed by atoms with Crippen LogP contribution in [0.2, 0.25) is 0 Å². The Bertz CT molecular complexity index is 785. The fourth-order valence-electron chi connectivity index (χ4n) is 3.61. The summed E-state index contributed by atoms with van der Waals surface area (Å²) in [4.78, 5) is 24.9. The molecule has 1 aliphatic carbocycles. The second-order valence-electron chi connectivity index (χ2n) is 7.29. The van der Waals surface area contributed by atoms with Crippen molar-refractivity contribution in [1.82, 2.24) is 4.90 Å². The van der Waals surface area contributed by atoms with Crippen LogP contribution >= 0.6 is 0 Å². The van der Waals surface area contributed by atoms with E-state index in [-0.39, 0.29) is 31.4 Å². The van der Waals surface area contributed by atoms with E-state index in [0.29, 0.717) is 6.54 Å². The Labute approximate surface area is 159 Å². The smallest absolute Gasteiger partial charge is 0.409 e. The minimum atomic E-state index is -0.921. The van der Waals surface area contributed by atoms with E-state index in [9.17, 15) is 9.59 Å². The Morgan fingerprint density at radius 3 is 2.11 bits per heavy atom. The van der Waals surface area contributed by atoms with Crippen molar-refractivity contribution in [2.75, 3.05) is 19.7 Å². The molecule has 0 bridgehead atoms. The fourth-order valence-corrected chi connectivity index (χ4v) is 3.61. The zero-order valence-corrected chi connectivity index (χ0v) is 15.7. The summed E-state index contributed by atoms with van der Waals surface area (Å²) in [6.45, 7) is 4.86. The van der Waals surface area contributed by atoms with Crippen LogP contribution in [-0.2, 0) is 9.53 Å². The summed E-state index contributed by atoms with van der Waals surface area (Å²) in [7, 11) is 0. The molecule has 5 heteroatoms. The SMILES string of the molecule is CC(C)CN(CCC(=O)O)C(=O)OCC1c2ccccc2-c2ccccc21. The lowest BCUT2D eigenvalue weighted by Crippen LogP contribution is -2.37. The lowest BCUT2D eigenvalue weighted by Gasteiger charge is -2.24. The lowest BCUT2D eigenvalue weighted by atomic mass is 9.98. The van der Waals surface area contributed by atoms with Crippen molar-refractivity contribution in [3.05, 3.63) is 59.7 Å². The van der Waals surface area contributed by atoms with Gasteiger partial charge in [0.05, 0.1) is 6.42 Å². The van der Waals surface area contributed by atoms with Crippen molar-refractivity contribution in [3.63, 3.8) is 0 Å². The monoisotopic (exact) mass is 367 g/mol. The first-order chi connectivity index (χ1) is 13.0. The van der Waals surface area contributed by atoms with E-state index < -0.39 is 12.1 Å². The van der Waals surface area contributed by atoms with Crippen LogP contribution in [0.25, 0.3) is 11.1 Å². The molecule has 2 aromatic rings. The van der Waals surface area contributed by atoms with Crippen molar-refractivity contribution in [3.8, 4) is 11.1 Å². The fraction of sp³-hybridized carbons (Fsp3) is 0.364. The molecule has 1 N–H and O–H groups in total. The Morgan fingerprint density at radius 2 is 1.59 bits per heavy atom. The summed E-state index contributed by atoms with van der Waals surface area (Å²) in [6, 6.07) is 16.4. The van der Waals surface area contributed by atoms with Crippen LogP contribution in [0, 0.1) is 5.92 Å². The van der Waals surface area contributed by atoms with E-state index in [1.807, 2.05) is 38.1 Å². The maximum Gasteiger partial charge on any atom is 0.409 e. The first-order valence-corrected chi connectivity index (χ1v) is 9.29. The number of nitrogens with zero attached hydrogens (tertiary/aromatic N) is 1. The van der Waals surface area contributed by atoms with Gasteiger partial charge < -0.3 is 14.7 Å². The van der Waals surface area contributed by atoms with Crippen LogP contribution in [0.15, 0.2) is 48.5 Å². The number of aliphatic carboxylic acids is 1.